The molecule has 6 rings (SSSR count). The first-order chi connectivity index (χ1) is 20.4. The van der Waals surface area contributed by atoms with Crippen LogP contribution in [-0.2, 0) is 9.53 Å². The van der Waals surface area contributed by atoms with Crippen LogP contribution in [-0.4, -0.2) is 71.2 Å². The average molecular weight is 592 g/mol. The second kappa shape index (κ2) is 12.6. The number of rotatable bonds is 9. The highest BCUT2D eigenvalue weighted by Gasteiger charge is 2.25. The summed E-state index contributed by atoms with van der Waals surface area (Å²) in [5.74, 6) is 1.80. The van der Waals surface area contributed by atoms with Gasteiger partial charge in [-0.15, -0.1) is 0 Å². The molecule has 2 aliphatic heterocycles. The molecule has 2 atom stereocenters. The predicted molar refractivity (Wildman–Crippen MR) is 162 cm³/mol. The van der Waals surface area contributed by atoms with Crippen LogP contribution in [0, 0.1) is 5.82 Å². The minimum absolute atomic E-state index is 0.133. The Morgan fingerprint density at radius 2 is 1.95 bits per heavy atom. The van der Waals surface area contributed by atoms with E-state index in [4.69, 9.17) is 14.5 Å². The topological polar surface area (TPSA) is 105 Å². The molecule has 220 valence electrons. The minimum Gasteiger partial charge on any atom is -0.436 e. The van der Waals surface area contributed by atoms with Crippen LogP contribution in [0.3, 0.4) is 0 Å². The molecule has 2 aromatic carbocycles. The summed E-state index contributed by atoms with van der Waals surface area (Å²) >= 11 is 1.39. The van der Waals surface area contributed by atoms with Gasteiger partial charge in [0.25, 0.3) is 0 Å². The maximum absolute atomic E-state index is 13.4. The smallest absolute Gasteiger partial charge is 0.228 e. The van der Waals surface area contributed by atoms with E-state index < -0.39 is 0 Å². The molecule has 0 radical (unpaired) electrons. The van der Waals surface area contributed by atoms with Gasteiger partial charge in [0.05, 0.1) is 10.8 Å². The van der Waals surface area contributed by atoms with Crippen molar-refractivity contribution in [2.75, 3.05) is 54.9 Å². The zero-order chi connectivity index (χ0) is 29.1. The highest BCUT2D eigenvalue weighted by molar-refractivity contribution is 7.22. The molecular formula is C30H34FN7O3S. The van der Waals surface area contributed by atoms with Crippen molar-refractivity contribution in [1.82, 2.24) is 19.9 Å². The fourth-order valence-electron chi connectivity index (χ4n) is 5.33. The lowest BCUT2D eigenvalue weighted by atomic mass is 10.1. The standard InChI is InChI=1S/C30H34FN7O3S/c1-19(21-8-10-22(31)11-9-21)37-12-14-38(15-13-37)26-17-27(35-29(34-26)32-18-23-5-4-16-40-23)41-24-6-3-7-25-28(24)36-30(42-25)33-20(2)39/h3,6-11,17,19,23H,4-5,12-16,18H2,1-2H3,(H,32,34,35)(H,33,36,39). The molecule has 10 nitrogen and oxygen atoms in total. The highest BCUT2D eigenvalue weighted by Crippen LogP contribution is 2.35. The van der Waals surface area contributed by atoms with E-state index >= 15 is 0 Å². The first kappa shape index (κ1) is 28.3. The third-order valence-corrected chi connectivity index (χ3v) is 8.55. The average Bonchev–Trinajstić information content (AvgIpc) is 3.66. The number of halogens is 1. The molecule has 0 aliphatic carbocycles. The number of hydrogen-bond acceptors (Lipinski definition) is 10. The number of carbonyl (C=O) groups excluding carboxylic acids is 1. The van der Waals surface area contributed by atoms with Crippen LogP contribution in [0.1, 0.15) is 38.3 Å². The number of nitrogens with zero attached hydrogens (tertiary/aromatic N) is 5. The van der Waals surface area contributed by atoms with E-state index in [1.54, 1.807) is 0 Å². The number of carbonyl (C=O) groups is 1. The van der Waals surface area contributed by atoms with Crippen molar-refractivity contribution in [3.05, 3.63) is 59.9 Å². The van der Waals surface area contributed by atoms with E-state index in [-0.39, 0.29) is 23.9 Å². The molecule has 0 spiro atoms. The van der Waals surface area contributed by atoms with Gasteiger partial charge in [0.2, 0.25) is 17.7 Å². The lowest BCUT2D eigenvalue weighted by molar-refractivity contribution is -0.114. The van der Waals surface area contributed by atoms with Crippen molar-refractivity contribution in [3.8, 4) is 11.6 Å². The number of ether oxygens (including phenoxy) is 2. The van der Waals surface area contributed by atoms with Gasteiger partial charge in [-0.25, -0.2) is 9.37 Å². The lowest BCUT2D eigenvalue weighted by Crippen LogP contribution is -2.47. The Morgan fingerprint density at radius 1 is 1.14 bits per heavy atom. The Balaban J connectivity index is 1.22. The predicted octanol–water partition coefficient (Wildman–Crippen LogP) is 5.45. The van der Waals surface area contributed by atoms with Gasteiger partial charge in [0, 0.05) is 58.4 Å². The SMILES string of the molecule is CC(=O)Nc1nc2c(Oc3cc(N4CCN(C(C)c5ccc(F)cc5)CC4)nc(NCC4CCCO4)n3)cccc2s1. The minimum atomic E-state index is -0.222. The van der Waals surface area contributed by atoms with E-state index in [2.05, 4.69) is 37.3 Å². The molecule has 4 aromatic rings. The van der Waals surface area contributed by atoms with Crippen molar-refractivity contribution in [2.24, 2.45) is 0 Å². The number of para-hydroxylation sites is 1. The maximum Gasteiger partial charge on any atom is 0.228 e. The van der Waals surface area contributed by atoms with E-state index in [1.165, 1.54) is 30.4 Å². The number of hydrogen-bond donors (Lipinski definition) is 2. The van der Waals surface area contributed by atoms with Crippen molar-refractivity contribution < 1.29 is 18.7 Å². The summed E-state index contributed by atoms with van der Waals surface area (Å²) < 4.78 is 26.4. The first-order valence-electron chi connectivity index (χ1n) is 14.3. The number of nitrogens with one attached hydrogen (secondary N) is 2. The van der Waals surface area contributed by atoms with Gasteiger partial charge >= 0.3 is 0 Å². The highest BCUT2D eigenvalue weighted by atomic mass is 32.1. The van der Waals surface area contributed by atoms with Crippen LogP contribution in [0.2, 0.25) is 0 Å². The Labute approximate surface area is 247 Å². The summed E-state index contributed by atoms with van der Waals surface area (Å²) in [6.07, 6.45) is 2.20. The van der Waals surface area contributed by atoms with Gasteiger partial charge in [-0.2, -0.15) is 9.97 Å². The van der Waals surface area contributed by atoms with Crippen molar-refractivity contribution in [3.63, 3.8) is 0 Å². The molecule has 12 heteroatoms. The Hall–Kier alpha value is -3.87. The van der Waals surface area contributed by atoms with Crippen LogP contribution in [0.5, 0.6) is 11.6 Å². The number of thiazole rings is 1. The number of benzene rings is 2. The molecular weight excluding hydrogens is 557 g/mol. The second-order valence-electron chi connectivity index (χ2n) is 10.6. The molecule has 2 saturated heterocycles. The Morgan fingerprint density at radius 3 is 2.69 bits per heavy atom. The summed E-state index contributed by atoms with van der Waals surface area (Å²) in [6, 6.07) is 14.5. The van der Waals surface area contributed by atoms with Crippen LogP contribution in [0.15, 0.2) is 48.5 Å². The summed E-state index contributed by atoms with van der Waals surface area (Å²) in [5.41, 5.74) is 1.75. The summed E-state index contributed by atoms with van der Waals surface area (Å²) in [6.45, 7) is 8.23. The molecule has 2 aromatic heterocycles. The molecule has 2 unspecified atom stereocenters. The van der Waals surface area contributed by atoms with Crippen molar-refractivity contribution >= 4 is 44.4 Å². The molecule has 0 saturated carbocycles. The third kappa shape index (κ3) is 6.61. The normalized spacial score (nSPS) is 18.3. The number of piperazine rings is 1. The quantitative estimate of drug-likeness (QED) is 0.263. The van der Waals surface area contributed by atoms with Crippen LogP contribution >= 0.6 is 11.3 Å². The zero-order valence-electron chi connectivity index (χ0n) is 23.7. The number of aromatic nitrogens is 3. The van der Waals surface area contributed by atoms with Gasteiger partial charge in [0.15, 0.2) is 10.9 Å². The van der Waals surface area contributed by atoms with Gasteiger partial charge in [-0.3, -0.25) is 9.69 Å². The van der Waals surface area contributed by atoms with E-state index in [0.717, 1.165) is 61.7 Å². The molecule has 2 fully saturated rings. The van der Waals surface area contributed by atoms with Crippen LogP contribution in [0.25, 0.3) is 10.2 Å². The molecule has 42 heavy (non-hydrogen) atoms. The van der Waals surface area contributed by atoms with Gasteiger partial charge in [-0.05, 0) is 49.6 Å². The first-order valence-corrected chi connectivity index (χ1v) is 15.1. The van der Waals surface area contributed by atoms with E-state index in [0.29, 0.717) is 34.8 Å². The lowest BCUT2D eigenvalue weighted by Gasteiger charge is -2.38. The van der Waals surface area contributed by atoms with Crippen LogP contribution in [0.4, 0.5) is 21.3 Å². The molecule has 2 N–H and O–H groups in total. The monoisotopic (exact) mass is 591 g/mol. The molecule has 0 bridgehead atoms. The second-order valence-corrected chi connectivity index (χ2v) is 11.6. The number of anilines is 3. The maximum atomic E-state index is 13.4. The van der Waals surface area contributed by atoms with Gasteiger partial charge in [-0.1, -0.05) is 29.5 Å². The summed E-state index contributed by atoms with van der Waals surface area (Å²) in [4.78, 5) is 30.3. The van der Waals surface area contributed by atoms with Gasteiger partial charge < -0.3 is 25.0 Å². The zero-order valence-corrected chi connectivity index (χ0v) is 24.5. The van der Waals surface area contributed by atoms with Crippen LogP contribution < -0.4 is 20.3 Å². The number of fused-ring (bicyclic) bond motifs is 1. The third-order valence-electron chi connectivity index (χ3n) is 7.62. The largest absolute Gasteiger partial charge is 0.436 e. The number of amides is 1. The fourth-order valence-corrected chi connectivity index (χ4v) is 6.26. The van der Waals surface area contributed by atoms with E-state index in [9.17, 15) is 9.18 Å². The van der Waals surface area contributed by atoms with E-state index in [1.807, 2.05) is 36.4 Å². The van der Waals surface area contributed by atoms with Crippen molar-refractivity contribution in [1.29, 1.82) is 0 Å². The fraction of sp³-hybridized carbons (Fsp3) is 0.400. The summed E-state index contributed by atoms with van der Waals surface area (Å²) in [7, 11) is 0. The van der Waals surface area contributed by atoms with Gasteiger partial charge in [0.1, 0.15) is 17.2 Å². The molecule has 4 heterocycles. The van der Waals surface area contributed by atoms with Crippen molar-refractivity contribution in [2.45, 2.75) is 38.8 Å². The molecule has 2 aliphatic rings. The molecule has 1 amide bonds. The Kier molecular flexibility index (Phi) is 8.45. The summed E-state index contributed by atoms with van der Waals surface area (Å²) in [5, 5.41) is 6.62. The Bertz CT molecular complexity index is 1540.